The first-order valence-corrected chi connectivity index (χ1v) is 7.02. The van der Waals surface area contributed by atoms with Crippen LogP contribution in [0.25, 0.3) is 0 Å². The van der Waals surface area contributed by atoms with E-state index in [9.17, 15) is 0 Å². The van der Waals surface area contributed by atoms with Crippen LogP contribution in [0.2, 0.25) is 5.02 Å². The van der Waals surface area contributed by atoms with Crippen molar-refractivity contribution >= 4 is 23.4 Å². The Morgan fingerprint density at radius 1 is 1.11 bits per heavy atom. The zero-order valence-electron chi connectivity index (χ0n) is 10.4. The maximum absolute atomic E-state index is 6.22. The van der Waals surface area contributed by atoms with Crippen LogP contribution in [-0.4, -0.2) is 7.11 Å². The fraction of sp³-hybridized carbons (Fsp3) is 0.200. The fourth-order valence-corrected chi connectivity index (χ4v) is 2.96. The van der Waals surface area contributed by atoms with Crippen LogP contribution in [-0.2, 0) is 6.42 Å². The van der Waals surface area contributed by atoms with Gasteiger partial charge in [0.2, 0.25) is 0 Å². The third kappa shape index (κ3) is 3.21. The molecular formula is C15H15ClOS. The topological polar surface area (TPSA) is 9.23 Å². The molecule has 0 heterocycles. The number of benzene rings is 2. The number of halogens is 1. The summed E-state index contributed by atoms with van der Waals surface area (Å²) in [5.74, 6) is 0.872. The third-order valence-corrected chi connectivity index (χ3v) is 4.01. The van der Waals surface area contributed by atoms with E-state index in [-0.39, 0.29) is 0 Å². The second kappa shape index (κ2) is 6.17. The van der Waals surface area contributed by atoms with Crippen LogP contribution < -0.4 is 4.74 Å². The first kappa shape index (κ1) is 13.3. The van der Waals surface area contributed by atoms with E-state index in [1.54, 1.807) is 18.9 Å². The van der Waals surface area contributed by atoms with Crippen molar-refractivity contribution in [3.05, 3.63) is 53.1 Å². The van der Waals surface area contributed by atoms with Crippen molar-refractivity contribution in [3.63, 3.8) is 0 Å². The number of methoxy groups -OCH3 is 1. The summed E-state index contributed by atoms with van der Waals surface area (Å²) in [7, 11) is 1.68. The fourth-order valence-electron chi connectivity index (χ4n) is 1.68. The maximum atomic E-state index is 6.22. The van der Waals surface area contributed by atoms with Gasteiger partial charge in [-0.05, 0) is 42.3 Å². The van der Waals surface area contributed by atoms with Crippen molar-refractivity contribution < 1.29 is 4.74 Å². The van der Waals surface area contributed by atoms with Crippen molar-refractivity contribution in [2.45, 2.75) is 23.1 Å². The summed E-state index contributed by atoms with van der Waals surface area (Å²) in [6, 6.07) is 14.2. The molecule has 1 nitrogen and oxygen atoms in total. The van der Waals surface area contributed by atoms with E-state index in [0.717, 1.165) is 27.0 Å². The lowest BCUT2D eigenvalue weighted by Crippen LogP contribution is -1.84. The van der Waals surface area contributed by atoms with Crippen LogP contribution in [0.15, 0.2) is 52.3 Å². The highest BCUT2D eigenvalue weighted by atomic mass is 35.5. The zero-order chi connectivity index (χ0) is 13.0. The lowest BCUT2D eigenvalue weighted by Gasteiger charge is -2.06. The van der Waals surface area contributed by atoms with Crippen molar-refractivity contribution in [2.24, 2.45) is 0 Å². The van der Waals surface area contributed by atoms with Crippen molar-refractivity contribution in [1.29, 1.82) is 0 Å². The van der Waals surface area contributed by atoms with Gasteiger partial charge in [-0.1, -0.05) is 42.4 Å². The minimum atomic E-state index is 0.838. The van der Waals surface area contributed by atoms with Crippen LogP contribution in [0.4, 0.5) is 0 Å². The molecule has 0 N–H and O–H groups in total. The summed E-state index contributed by atoms with van der Waals surface area (Å²) in [5, 5.41) is 0.838. The summed E-state index contributed by atoms with van der Waals surface area (Å²) < 4.78 is 5.21. The molecule has 0 radical (unpaired) electrons. The highest BCUT2D eigenvalue weighted by Gasteiger charge is 2.03. The Balaban J connectivity index is 2.20. The lowest BCUT2D eigenvalue weighted by molar-refractivity contribution is 0.413. The van der Waals surface area contributed by atoms with Gasteiger partial charge in [0, 0.05) is 14.8 Å². The molecule has 0 fully saturated rings. The Hall–Kier alpha value is -1.12. The van der Waals surface area contributed by atoms with Crippen molar-refractivity contribution in [2.75, 3.05) is 7.11 Å². The molecule has 0 amide bonds. The van der Waals surface area contributed by atoms with Gasteiger partial charge in [-0.25, -0.2) is 0 Å². The van der Waals surface area contributed by atoms with E-state index in [1.807, 2.05) is 24.3 Å². The molecule has 3 heteroatoms. The van der Waals surface area contributed by atoms with Gasteiger partial charge in [-0.15, -0.1) is 0 Å². The first-order valence-electron chi connectivity index (χ1n) is 5.83. The minimum Gasteiger partial charge on any atom is -0.497 e. The predicted octanol–water partition coefficient (Wildman–Crippen LogP) is 5.06. The largest absolute Gasteiger partial charge is 0.497 e. The first-order chi connectivity index (χ1) is 8.72. The van der Waals surface area contributed by atoms with Gasteiger partial charge in [-0.2, -0.15) is 0 Å². The van der Waals surface area contributed by atoms with Crippen LogP contribution >= 0.6 is 23.4 Å². The Morgan fingerprint density at radius 2 is 1.89 bits per heavy atom. The number of rotatable bonds is 4. The zero-order valence-corrected chi connectivity index (χ0v) is 12.0. The molecule has 2 rings (SSSR count). The molecular weight excluding hydrogens is 264 g/mol. The second-order valence-corrected chi connectivity index (χ2v) is 5.44. The normalized spacial score (nSPS) is 10.4. The monoisotopic (exact) mass is 278 g/mol. The summed E-state index contributed by atoms with van der Waals surface area (Å²) in [4.78, 5) is 2.29. The van der Waals surface area contributed by atoms with E-state index >= 15 is 0 Å². The molecule has 0 aliphatic rings. The van der Waals surface area contributed by atoms with Gasteiger partial charge in [0.15, 0.2) is 0 Å². The van der Waals surface area contributed by atoms with Crippen LogP contribution in [0.1, 0.15) is 12.5 Å². The molecule has 0 saturated carbocycles. The highest BCUT2D eigenvalue weighted by Crippen LogP contribution is 2.32. The van der Waals surface area contributed by atoms with Gasteiger partial charge in [0.1, 0.15) is 5.75 Å². The summed E-state index contributed by atoms with van der Waals surface area (Å²) in [5.41, 5.74) is 1.19. The molecule has 0 bridgehead atoms. The lowest BCUT2D eigenvalue weighted by atomic mass is 10.2. The average molecular weight is 279 g/mol. The SMILES string of the molecule is CCc1ccc(Sc2cccc(OC)c2)cc1Cl. The smallest absolute Gasteiger partial charge is 0.119 e. The number of hydrogen-bond donors (Lipinski definition) is 0. The van der Waals surface area contributed by atoms with E-state index < -0.39 is 0 Å². The molecule has 94 valence electrons. The van der Waals surface area contributed by atoms with Crippen molar-refractivity contribution in [3.8, 4) is 5.75 Å². The van der Waals surface area contributed by atoms with E-state index in [0.29, 0.717) is 0 Å². The van der Waals surface area contributed by atoms with Gasteiger partial charge in [0.05, 0.1) is 7.11 Å². The number of aryl methyl sites for hydroxylation is 1. The molecule has 0 aromatic heterocycles. The maximum Gasteiger partial charge on any atom is 0.119 e. The van der Waals surface area contributed by atoms with Gasteiger partial charge in [0.25, 0.3) is 0 Å². The highest BCUT2D eigenvalue weighted by molar-refractivity contribution is 7.99. The van der Waals surface area contributed by atoms with Gasteiger partial charge >= 0.3 is 0 Å². The molecule has 0 aliphatic heterocycles. The van der Waals surface area contributed by atoms with Crippen LogP contribution in [0.3, 0.4) is 0 Å². The number of ether oxygens (including phenoxy) is 1. The molecule has 2 aromatic rings. The molecule has 18 heavy (non-hydrogen) atoms. The standard InChI is InChI=1S/C15H15ClOS/c1-3-11-7-8-14(10-15(11)16)18-13-6-4-5-12(9-13)17-2/h4-10H,3H2,1-2H3. The summed E-state index contributed by atoms with van der Waals surface area (Å²) in [6.07, 6.45) is 0.961. The summed E-state index contributed by atoms with van der Waals surface area (Å²) in [6.45, 7) is 2.11. The Morgan fingerprint density at radius 3 is 2.56 bits per heavy atom. The number of hydrogen-bond acceptors (Lipinski definition) is 2. The molecule has 0 spiro atoms. The third-order valence-electron chi connectivity index (χ3n) is 2.68. The van der Waals surface area contributed by atoms with E-state index in [1.165, 1.54) is 5.56 Å². The molecule has 0 unspecified atom stereocenters. The van der Waals surface area contributed by atoms with Gasteiger partial charge < -0.3 is 4.74 Å². The Kier molecular flexibility index (Phi) is 4.56. The predicted molar refractivity (Wildman–Crippen MR) is 77.9 cm³/mol. The quantitative estimate of drug-likeness (QED) is 0.773. The molecule has 0 aliphatic carbocycles. The molecule has 2 aromatic carbocycles. The van der Waals surface area contributed by atoms with E-state index in [2.05, 4.69) is 25.1 Å². The Bertz CT molecular complexity index is 540. The van der Waals surface area contributed by atoms with Crippen LogP contribution in [0, 0.1) is 0 Å². The van der Waals surface area contributed by atoms with E-state index in [4.69, 9.17) is 16.3 Å². The molecule has 0 atom stereocenters. The Labute approximate surface area is 117 Å². The summed E-state index contributed by atoms with van der Waals surface area (Å²) >= 11 is 7.90. The average Bonchev–Trinajstić information content (AvgIpc) is 2.39. The second-order valence-electron chi connectivity index (χ2n) is 3.89. The van der Waals surface area contributed by atoms with Gasteiger partial charge in [-0.3, -0.25) is 0 Å². The van der Waals surface area contributed by atoms with Crippen molar-refractivity contribution in [1.82, 2.24) is 0 Å². The minimum absolute atomic E-state index is 0.838. The van der Waals surface area contributed by atoms with Crippen LogP contribution in [0.5, 0.6) is 5.75 Å². The molecule has 0 saturated heterocycles.